The molecule has 27 heavy (non-hydrogen) atoms. The average Bonchev–Trinajstić information content (AvgIpc) is 3.38. The minimum absolute atomic E-state index is 0.00786. The van der Waals surface area contributed by atoms with Gasteiger partial charge in [-0.25, -0.2) is 5.43 Å². The normalized spacial score (nSPS) is 26.3. The highest BCUT2D eigenvalue weighted by atomic mass is 16.7. The van der Waals surface area contributed by atoms with Gasteiger partial charge in [-0.05, 0) is 37.1 Å². The molecule has 4 heterocycles. The first kappa shape index (κ1) is 16.6. The highest BCUT2D eigenvalue weighted by molar-refractivity contribution is 5.92. The lowest BCUT2D eigenvalue weighted by molar-refractivity contribution is 0.0645. The molecule has 8 nitrogen and oxygen atoms in total. The van der Waals surface area contributed by atoms with Crippen LogP contribution in [0.1, 0.15) is 34.2 Å². The van der Waals surface area contributed by atoms with Crippen LogP contribution >= 0.6 is 0 Å². The minimum Gasteiger partial charge on any atom is -0.454 e. The molecule has 1 aromatic carbocycles. The Hall–Kier alpha value is -2.58. The SMILES string of the molecule is Cc1cc(C(=O)N2CCC3NNC(c4ccc5c(c4)OCO5)C3C2)nn1C. The van der Waals surface area contributed by atoms with Crippen LogP contribution in [0.15, 0.2) is 24.3 Å². The summed E-state index contributed by atoms with van der Waals surface area (Å²) in [6, 6.07) is 8.37. The molecule has 0 aliphatic carbocycles. The van der Waals surface area contributed by atoms with Crippen LogP contribution in [-0.2, 0) is 7.05 Å². The predicted octanol–water partition coefficient (Wildman–Crippen LogP) is 1.14. The van der Waals surface area contributed by atoms with Gasteiger partial charge >= 0.3 is 0 Å². The Balaban J connectivity index is 1.36. The number of carbonyl (C=O) groups is 1. The first-order chi connectivity index (χ1) is 13.1. The maximum absolute atomic E-state index is 12.9. The van der Waals surface area contributed by atoms with Crippen molar-refractivity contribution in [2.45, 2.75) is 25.4 Å². The van der Waals surface area contributed by atoms with Crippen molar-refractivity contribution in [3.8, 4) is 11.5 Å². The van der Waals surface area contributed by atoms with E-state index in [1.54, 1.807) is 4.68 Å². The number of rotatable bonds is 2. The Morgan fingerprint density at radius 1 is 1.22 bits per heavy atom. The molecule has 142 valence electrons. The summed E-state index contributed by atoms with van der Waals surface area (Å²) in [6.07, 6.45) is 0.913. The second-order valence-corrected chi connectivity index (χ2v) is 7.48. The molecule has 2 fully saturated rings. The molecular weight excluding hydrogens is 346 g/mol. The molecule has 2 saturated heterocycles. The van der Waals surface area contributed by atoms with Gasteiger partial charge < -0.3 is 14.4 Å². The van der Waals surface area contributed by atoms with Gasteiger partial charge in [-0.2, -0.15) is 5.10 Å². The molecule has 0 spiro atoms. The van der Waals surface area contributed by atoms with Crippen LogP contribution < -0.4 is 20.3 Å². The number of likely N-dealkylation sites (tertiary alicyclic amines) is 1. The molecule has 0 radical (unpaired) electrons. The number of benzene rings is 1. The second kappa shape index (κ2) is 6.24. The van der Waals surface area contributed by atoms with Crippen molar-refractivity contribution in [2.24, 2.45) is 13.0 Å². The predicted molar refractivity (Wildman–Crippen MR) is 97.3 cm³/mol. The first-order valence-electron chi connectivity index (χ1n) is 9.30. The van der Waals surface area contributed by atoms with Crippen molar-refractivity contribution in [1.29, 1.82) is 0 Å². The quantitative estimate of drug-likeness (QED) is 0.826. The topological polar surface area (TPSA) is 80.7 Å². The van der Waals surface area contributed by atoms with E-state index >= 15 is 0 Å². The first-order valence-corrected chi connectivity index (χ1v) is 9.30. The number of aryl methyl sites for hydroxylation is 2. The van der Waals surface area contributed by atoms with Crippen molar-refractivity contribution >= 4 is 5.91 Å². The van der Waals surface area contributed by atoms with Gasteiger partial charge in [0, 0.05) is 37.8 Å². The van der Waals surface area contributed by atoms with E-state index in [0.29, 0.717) is 18.3 Å². The average molecular weight is 369 g/mol. The Kier molecular flexibility index (Phi) is 3.84. The number of aromatic nitrogens is 2. The second-order valence-electron chi connectivity index (χ2n) is 7.48. The van der Waals surface area contributed by atoms with Crippen LogP contribution in [0, 0.1) is 12.8 Å². The fourth-order valence-corrected chi connectivity index (χ4v) is 4.25. The van der Waals surface area contributed by atoms with Crippen LogP contribution in [0.3, 0.4) is 0 Å². The number of hydrogen-bond acceptors (Lipinski definition) is 6. The molecule has 3 atom stereocenters. The zero-order valence-corrected chi connectivity index (χ0v) is 15.4. The van der Waals surface area contributed by atoms with E-state index in [1.165, 1.54) is 0 Å². The highest BCUT2D eigenvalue weighted by Gasteiger charge is 2.42. The van der Waals surface area contributed by atoms with Gasteiger partial charge in [0.1, 0.15) is 0 Å². The molecule has 2 aromatic rings. The molecule has 3 aliphatic heterocycles. The summed E-state index contributed by atoms with van der Waals surface area (Å²) in [5, 5.41) is 4.35. The van der Waals surface area contributed by atoms with E-state index in [1.807, 2.05) is 37.1 Å². The summed E-state index contributed by atoms with van der Waals surface area (Å²) in [5.41, 5.74) is 9.47. The number of ether oxygens (including phenoxy) is 2. The smallest absolute Gasteiger partial charge is 0.274 e. The number of amides is 1. The van der Waals surface area contributed by atoms with Gasteiger partial charge in [-0.15, -0.1) is 0 Å². The van der Waals surface area contributed by atoms with E-state index < -0.39 is 0 Å². The molecule has 5 rings (SSSR count). The third-order valence-corrected chi connectivity index (χ3v) is 5.89. The molecule has 8 heteroatoms. The third kappa shape index (κ3) is 2.76. The van der Waals surface area contributed by atoms with Crippen LogP contribution in [0.5, 0.6) is 11.5 Å². The molecule has 1 amide bonds. The number of hydrazine groups is 1. The van der Waals surface area contributed by atoms with Gasteiger partial charge in [-0.1, -0.05) is 6.07 Å². The summed E-state index contributed by atoms with van der Waals surface area (Å²) in [4.78, 5) is 14.9. The Morgan fingerprint density at radius 2 is 2.07 bits per heavy atom. The maximum atomic E-state index is 12.9. The zero-order chi connectivity index (χ0) is 18.5. The molecule has 3 unspecified atom stereocenters. The zero-order valence-electron chi connectivity index (χ0n) is 15.4. The number of hydrogen-bond donors (Lipinski definition) is 2. The van der Waals surface area contributed by atoms with E-state index in [0.717, 1.165) is 35.7 Å². The van der Waals surface area contributed by atoms with Gasteiger partial charge in [0.15, 0.2) is 17.2 Å². The number of fused-ring (bicyclic) bond motifs is 2. The standard InChI is InChI=1S/C19H23N5O3/c1-11-7-15(22-23(11)2)19(25)24-6-5-14-13(9-24)18(21-20-14)12-3-4-16-17(8-12)27-10-26-16/h3-4,7-8,13-14,18,20-21H,5-6,9-10H2,1-2H3. The molecule has 2 N–H and O–H groups in total. The van der Waals surface area contributed by atoms with Crippen molar-refractivity contribution < 1.29 is 14.3 Å². The van der Waals surface area contributed by atoms with E-state index in [9.17, 15) is 4.79 Å². The van der Waals surface area contributed by atoms with Crippen molar-refractivity contribution in [2.75, 3.05) is 19.9 Å². The fraction of sp³-hybridized carbons (Fsp3) is 0.474. The molecular formula is C19H23N5O3. The number of carbonyl (C=O) groups excluding carboxylic acids is 1. The van der Waals surface area contributed by atoms with Crippen molar-refractivity contribution in [3.05, 3.63) is 41.2 Å². The summed E-state index contributed by atoms with van der Waals surface area (Å²) >= 11 is 0. The van der Waals surface area contributed by atoms with Crippen LogP contribution in [0.4, 0.5) is 0 Å². The molecule has 0 saturated carbocycles. The summed E-state index contributed by atoms with van der Waals surface area (Å²) in [7, 11) is 1.86. The van der Waals surface area contributed by atoms with E-state index in [4.69, 9.17) is 9.47 Å². The lowest BCUT2D eigenvalue weighted by Gasteiger charge is -2.35. The summed E-state index contributed by atoms with van der Waals surface area (Å²) < 4.78 is 12.7. The van der Waals surface area contributed by atoms with Crippen LogP contribution in [-0.4, -0.2) is 46.5 Å². The summed E-state index contributed by atoms with van der Waals surface area (Å²) in [6.45, 7) is 3.65. The number of piperidine rings is 1. The largest absolute Gasteiger partial charge is 0.454 e. The minimum atomic E-state index is 0.00786. The third-order valence-electron chi connectivity index (χ3n) is 5.89. The fourth-order valence-electron chi connectivity index (χ4n) is 4.25. The lowest BCUT2D eigenvalue weighted by atomic mass is 9.85. The Morgan fingerprint density at radius 3 is 2.89 bits per heavy atom. The summed E-state index contributed by atoms with van der Waals surface area (Å²) in [5.74, 6) is 1.86. The van der Waals surface area contributed by atoms with Gasteiger partial charge in [0.25, 0.3) is 5.91 Å². The molecule has 0 bridgehead atoms. The Bertz CT molecular complexity index is 876. The monoisotopic (exact) mass is 369 g/mol. The van der Waals surface area contributed by atoms with Gasteiger partial charge in [-0.3, -0.25) is 14.9 Å². The Labute approximate surface area is 157 Å². The van der Waals surface area contributed by atoms with Crippen LogP contribution in [0.25, 0.3) is 0 Å². The van der Waals surface area contributed by atoms with Gasteiger partial charge in [0.05, 0.1) is 6.04 Å². The molecule has 3 aliphatic rings. The highest BCUT2D eigenvalue weighted by Crippen LogP contribution is 2.39. The van der Waals surface area contributed by atoms with Crippen molar-refractivity contribution in [1.82, 2.24) is 25.5 Å². The van der Waals surface area contributed by atoms with Crippen molar-refractivity contribution in [3.63, 3.8) is 0 Å². The van der Waals surface area contributed by atoms with E-state index in [-0.39, 0.29) is 24.7 Å². The van der Waals surface area contributed by atoms with E-state index in [2.05, 4.69) is 22.0 Å². The lowest BCUT2D eigenvalue weighted by Crippen LogP contribution is -2.48. The molecule has 1 aromatic heterocycles. The number of nitrogens with zero attached hydrogens (tertiary/aromatic N) is 3. The van der Waals surface area contributed by atoms with Crippen LogP contribution in [0.2, 0.25) is 0 Å². The van der Waals surface area contributed by atoms with Gasteiger partial charge in [0.2, 0.25) is 6.79 Å². The maximum Gasteiger partial charge on any atom is 0.274 e. The number of nitrogens with one attached hydrogen (secondary N) is 2.